The van der Waals surface area contributed by atoms with E-state index in [0.29, 0.717) is 17.0 Å². The number of nitrogens with zero attached hydrogens (tertiary/aromatic N) is 3. The number of hydrogen-bond donors (Lipinski definition) is 0. The van der Waals surface area contributed by atoms with Crippen molar-refractivity contribution in [2.75, 3.05) is 20.2 Å². The molecule has 0 aliphatic heterocycles. The van der Waals surface area contributed by atoms with E-state index in [9.17, 15) is 0 Å². The van der Waals surface area contributed by atoms with Gasteiger partial charge in [0.2, 0.25) is 0 Å². The van der Waals surface area contributed by atoms with Gasteiger partial charge in [-0.05, 0) is 41.9 Å². The fourth-order valence-electron chi connectivity index (χ4n) is 1.36. The van der Waals surface area contributed by atoms with Gasteiger partial charge in [0.05, 0.1) is 17.1 Å². The Bertz CT molecular complexity index is 476. The van der Waals surface area contributed by atoms with Gasteiger partial charge in [0.15, 0.2) is 0 Å². The Hall–Kier alpha value is -1.54. The summed E-state index contributed by atoms with van der Waals surface area (Å²) in [6, 6.07) is 3.57. The fourth-order valence-corrected chi connectivity index (χ4v) is 1.85. The lowest BCUT2D eigenvalue weighted by Crippen LogP contribution is -2.14. The van der Waals surface area contributed by atoms with Crippen molar-refractivity contribution in [2.24, 2.45) is 10.3 Å². The summed E-state index contributed by atoms with van der Waals surface area (Å²) in [7, 11) is 1.59. The molecule has 5 heteroatoms. The number of halogens is 1. The Kier molecular flexibility index (Phi) is 5.66. The minimum Gasteiger partial charge on any atom is -0.496 e. The molecule has 0 radical (unpaired) electrons. The maximum absolute atomic E-state index is 5.46. The molecule has 0 aliphatic rings. The van der Waals surface area contributed by atoms with Crippen molar-refractivity contribution < 1.29 is 4.74 Å². The Morgan fingerprint density at radius 1 is 1.39 bits per heavy atom. The molecule has 0 saturated heterocycles. The first-order valence-electron chi connectivity index (χ1n) is 5.67. The van der Waals surface area contributed by atoms with Gasteiger partial charge < -0.3 is 4.74 Å². The van der Waals surface area contributed by atoms with E-state index in [4.69, 9.17) is 11.2 Å². The van der Waals surface area contributed by atoms with Crippen molar-refractivity contribution in [1.82, 2.24) is 5.01 Å². The van der Waals surface area contributed by atoms with Crippen molar-refractivity contribution in [3.8, 4) is 18.1 Å². The van der Waals surface area contributed by atoms with Gasteiger partial charge in [0.25, 0.3) is 0 Å². The molecule has 1 aromatic carbocycles. The van der Waals surface area contributed by atoms with E-state index in [1.165, 1.54) is 0 Å². The summed E-state index contributed by atoms with van der Waals surface area (Å²) >= 11 is 3.40. The molecule has 0 aromatic heterocycles. The van der Waals surface area contributed by atoms with Crippen LogP contribution in [0, 0.1) is 12.3 Å². The van der Waals surface area contributed by atoms with Crippen molar-refractivity contribution in [3.63, 3.8) is 0 Å². The minimum atomic E-state index is 0.650. The molecule has 4 nitrogen and oxygen atoms in total. The molecular weight excluding hydrogens is 294 g/mol. The smallest absolute Gasteiger partial charge is 0.134 e. The van der Waals surface area contributed by atoms with E-state index in [1.807, 2.05) is 18.9 Å². The molecule has 0 aliphatic carbocycles. The Morgan fingerprint density at radius 3 is 2.56 bits per heavy atom. The molecule has 0 saturated carbocycles. The predicted octanol–water partition coefficient (Wildman–Crippen LogP) is 3.78. The van der Waals surface area contributed by atoms with Crippen LogP contribution in [0.5, 0.6) is 5.75 Å². The first-order valence-corrected chi connectivity index (χ1v) is 6.46. The van der Waals surface area contributed by atoms with Gasteiger partial charge in [-0.2, -0.15) is 0 Å². The van der Waals surface area contributed by atoms with E-state index in [2.05, 4.69) is 32.2 Å². The van der Waals surface area contributed by atoms with Crippen LogP contribution >= 0.6 is 15.9 Å². The molecule has 0 spiro atoms. The third-order valence-electron chi connectivity index (χ3n) is 2.43. The van der Waals surface area contributed by atoms with Gasteiger partial charge in [0, 0.05) is 13.1 Å². The average molecular weight is 310 g/mol. The molecule has 0 atom stereocenters. The fraction of sp³-hybridized carbons (Fsp3) is 0.385. The van der Waals surface area contributed by atoms with Gasteiger partial charge in [-0.25, -0.2) is 0 Å². The molecule has 0 fully saturated rings. The van der Waals surface area contributed by atoms with Crippen molar-refractivity contribution in [2.45, 2.75) is 13.8 Å². The zero-order valence-electron chi connectivity index (χ0n) is 10.8. The maximum Gasteiger partial charge on any atom is 0.134 e. The molecule has 0 amide bonds. The highest BCUT2D eigenvalue weighted by Crippen LogP contribution is 2.32. The summed E-state index contributed by atoms with van der Waals surface area (Å²) in [6.07, 6.45) is 5.46. The van der Waals surface area contributed by atoms with E-state index in [0.717, 1.165) is 17.6 Å². The van der Waals surface area contributed by atoms with E-state index < -0.39 is 0 Å². The first kappa shape index (κ1) is 14.5. The molecule has 0 unspecified atom stereocenters. The standard InChI is InChI=1S/C13H16BrN3O/c1-5-10-8-13(18-4)11(14)9-12(10)15-16-17(6-2)7-3/h1,8-9H,6-7H2,2-4H3/b16-15+. The van der Waals surface area contributed by atoms with E-state index in [-0.39, 0.29) is 0 Å². The lowest BCUT2D eigenvalue weighted by atomic mass is 10.2. The quantitative estimate of drug-likeness (QED) is 0.471. The van der Waals surface area contributed by atoms with Gasteiger partial charge in [-0.3, -0.25) is 5.01 Å². The number of methoxy groups -OCH3 is 1. The minimum absolute atomic E-state index is 0.650. The molecule has 1 aromatic rings. The van der Waals surface area contributed by atoms with Crippen LogP contribution in [0.1, 0.15) is 19.4 Å². The zero-order chi connectivity index (χ0) is 13.5. The zero-order valence-corrected chi connectivity index (χ0v) is 12.4. The van der Waals surface area contributed by atoms with Crippen LogP contribution in [0.3, 0.4) is 0 Å². The van der Waals surface area contributed by atoms with Gasteiger partial charge >= 0.3 is 0 Å². The predicted molar refractivity (Wildman–Crippen MR) is 76.1 cm³/mol. The van der Waals surface area contributed by atoms with Gasteiger partial charge in [-0.15, -0.1) is 11.5 Å². The molecule has 96 valence electrons. The largest absolute Gasteiger partial charge is 0.496 e. The third-order valence-corrected chi connectivity index (χ3v) is 3.05. The summed E-state index contributed by atoms with van der Waals surface area (Å²) in [5.41, 5.74) is 1.31. The lowest BCUT2D eigenvalue weighted by molar-refractivity contribution is 0.300. The van der Waals surface area contributed by atoms with Gasteiger partial charge in [-0.1, -0.05) is 11.1 Å². The molecular formula is C13H16BrN3O. The van der Waals surface area contributed by atoms with Crippen LogP contribution < -0.4 is 4.74 Å². The van der Waals surface area contributed by atoms with E-state index >= 15 is 0 Å². The molecule has 0 heterocycles. The Morgan fingerprint density at radius 2 is 2.06 bits per heavy atom. The summed E-state index contributed by atoms with van der Waals surface area (Å²) in [5.74, 6) is 3.27. The van der Waals surface area contributed by atoms with Crippen LogP contribution in [-0.2, 0) is 0 Å². The Balaban J connectivity index is 3.09. The molecule has 0 N–H and O–H groups in total. The van der Waals surface area contributed by atoms with Crippen molar-refractivity contribution in [1.29, 1.82) is 0 Å². The molecule has 18 heavy (non-hydrogen) atoms. The van der Waals surface area contributed by atoms with Crippen LogP contribution in [0.25, 0.3) is 0 Å². The van der Waals surface area contributed by atoms with Crippen LogP contribution in [0.4, 0.5) is 5.69 Å². The maximum atomic E-state index is 5.46. The van der Waals surface area contributed by atoms with Crippen LogP contribution in [0.2, 0.25) is 0 Å². The summed E-state index contributed by atoms with van der Waals surface area (Å²) in [6.45, 7) is 5.66. The van der Waals surface area contributed by atoms with Crippen LogP contribution in [-0.4, -0.2) is 25.2 Å². The van der Waals surface area contributed by atoms with Crippen LogP contribution in [0.15, 0.2) is 26.9 Å². The third kappa shape index (κ3) is 3.47. The Labute approximate surface area is 116 Å². The second kappa shape index (κ2) is 7.02. The number of ether oxygens (including phenoxy) is 1. The number of benzene rings is 1. The second-order valence-electron chi connectivity index (χ2n) is 3.48. The summed E-state index contributed by atoms with van der Waals surface area (Å²) < 4.78 is 5.99. The SMILES string of the molecule is C#Cc1cc(OC)c(Br)cc1/N=N/N(CC)CC. The average Bonchev–Trinajstić information content (AvgIpc) is 2.40. The number of rotatable bonds is 5. The van der Waals surface area contributed by atoms with Crippen molar-refractivity contribution in [3.05, 3.63) is 22.2 Å². The topological polar surface area (TPSA) is 37.2 Å². The molecule has 0 bridgehead atoms. The number of terminal acetylenes is 1. The lowest BCUT2D eigenvalue weighted by Gasteiger charge is -2.12. The monoisotopic (exact) mass is 309 g/mol. The molecule has 1 rings (SSSR count). The second-order valence-corrected chi connectivity index (χ2v) is 4.33. The first-order chi connectivity index (χ1) is 8.65. The number of hydrogen-bond acceptors (Lipinski definition) is 3. The van der Waals surface area contributed by atoms with E-state index in [1.54, 1.807) is 19.2 Å². The highest BCUT2D eigenvalue weighted by Gasteiger charge is 2.07. The summed E-state index contributed by atoms with van der Waals surface area (Å²) in [4.78, 5) is 0. The normalized spacial score (nSPS) is 10.4. The summed E-state index contributed by atoms with van der Waals surface area (Å²) in [5, 5.41) is 10.2. The van der Waals surface area contributed by atoms with Gasteiger partial charge in [0.1, 0.15) is 11.4 Å². The highest BCUT2D eigenvalue weighted by molar-refractivity contribution is 9.10. The highest BCUT2D eigenvalue weighted by atomic mass is 79.9. The van der Waals surface area contributed by atoms with Crippen molar-refractivity contribution >= 4 is 21.6 Å².